The maximum Gasteiger partial charge on any atom is 0.220 e. The minimum Gasteiger partial charge on any atom is -0.380 e. The molecule has 0 aromatic rings. The van der Waals surface area contributed by atoms with Crippen LogP contribution in [0.4, 0.5) is 0 Å². The molecule has 0 rings (SSSR count). The first-order valence-corrected chi connectivity index (χ1v) is 9.49. The van der Waals surface area contributed by atoms with Crippen LogP contribution in [0.1, 0.15) is 72.6 Å². The van der Waals surface area contributed by atoms with Crippen molar-refractivity contribution in [2.75, 3.05) is 33.0 Å². The molecule has 0 aliphatic rings. The molecule has 0 aromatic heterocycles. The van der Waals surface area contributed by atoms with Gasteiger partial charge in [0.2, 0.25) is 5.91 Å². The number of ketones is 2. The van der Waals surface area contributed by atoms with Crippen molar-refractivity contribution in [1.82, 2.24) is 5.32 Å². The molecule has 0 saturated heterocycles. The third-order valence-corrected chi connectivity index (χ3v) is 3.14. The van der Waals surface area contributed by atoms with Crippen molar-refractivity contribution in [2.45, 2.75) is 72.6 Å². The highest BCUT2D eigenvalue weighted by molar-refractivity contribution is 5.83. The zero-order valence-corrected chi connectivity index (χ0v) is 16.5. The lowest BCUT2D eigenvalue weighted by atomic mass is 10.2. The van der Waals surface area contributed by atoms with Gasteiger partial charge in [0.15, 0.2) is 5.78 Å². The Hall–Kier alpha value is -1.27. The molecular weight excluding hydrogens is 322 g/mol. The molecule has 0 radical (unpaired) electrons. The van der Waals surface area contributed by atoms with Gasteiger partial charge in [-0.25, -0.2) is 0 Å². The summed E-state index contributed by atoms with van der Waals surface area (Å²) in [5, 5.41) is 2.71. The number of Topliss-reactive ketones (excluding diaryl/α,β-unsaturated/α-hetero) is 2. The summed E-state index contributed by atoms with van der Waals surface area (Å²) >= 11 is 0. The highest BCUT2D eigenvalue weighted by Crippen LogP contribution is 1.98. The molecule has 6 nitrogen and oxygen atoms in total. The predicted octanol–water partition coefficient (Wildman–Crippen LogP) is 3.07. The average Bonchev–Trinajstić information content (AvgIpc) is 2.59. The summed E-state index contributed by atoms with van der Waals surface area (Å²) in [6, 6.07) is 0. The number of nitrogens with one attached hydrogen (secondary N) is 1. The van der Waals surface area contributed by atoms with Crippen LogP contribution in [-0.2, 0) is 23.9 Å². The number of unbranched alkanes of at least 4 members (excludes halogenated alkanes) is 2. The van der Waals surface area contributed by atoms with E-state index in [9.17, 15) is 14.4 Å². The van der Waals surface area contributed by atoms with Crippen molar-refractivity contribution >= 4 is 17.5 Å². The summed E-state index contributed by atoms with van der Waals surface area (Å²) in [6.45, 7) is 9.90. The number of carbonyl (C=O) groups is 3. The Bertz CT molecular complexity index is 345. The Labute approximate surface area is 153 Å². The van der Waals surface area contributed by atoms with Crippen molar-refractivity contribution in [3.8, 4) is 0 Å². The minimum atomic E-state index is -0.112. The lowest BCUT2D eigenvalue weighted by Crippen LogP contribution is -2.27. The Morgan fingerprint density at radius 1 is 0.840 bits per heavy atom. The molecule has 0 atom stereocenters. The number of carbonyl (C=O) groups excluding carboxylic acids is 3. The fourth-order valence-electron chi connectivity index (χ4n) is 1.86. The van der Waals surface area contributed by atoms with Gasteiger partial charge in [-0.15, -0.1) is 0 Å². The van der Waals surface area contributed by atoms with Gasteiger partial charge in [-0.1, -0.05) is 20.8 Å². The van der Waals surface area contributed by atoms with Crippen molar-refractivity contribution in [2.24, 2.45) is 0 Å². The van der Waals surface area contributed by atoms with Crippen molar-refractivity contribution in [3.63, 3.8) is 0 Å². The van der Waals surface area contributed by atoms with Crippen molar-refractivity contribution < 1.29 is 23.9 Å². The maximum atomic E-state index is 11.3. The van der Waals surface area contributed by atoms with Gasteiger partial charge in [-0.3, -0.25) is 9.59 Å². The van der Waals surface area contributed by atoms with E-state index in [-0.39, 0.29) is 30.5 Å². The van der Waals surface area contributed by atoms with E-state index in [1.807, 2.05) is 20.8 Å². The molecule has 0 aromatic carbocycles. The molecule has 0 heterocycles. The number of ether oxygens (including phenoxy) is 2. The SMILES string of the molecule is CC.CCCC(=O)COCCCCCOCCNC(=O)CCC(C)=O. The molecular formula is C19H37NO5. The summed E-state index contributed by atoms with van der Waals surface area (Å²) < 4.78 is 10.7. The van der Waals surface area contributed by atoms with E-state index in [0.29, 0.717) is 39.2 Å². The van der Waals surface area contributed by atoms with Gasteiger partial charge in [-0.2, -0.15) is 0 Å². The molecule has 25 heavy (non-hydrogen) atoms. The van der Waals surface area contributed by atoms with Gasteiger partial charge in [0.05, 0.1) is 6.61 Å². The zero-order valence-electron chi connectivity index (χ0n) is 16.5. The molecule has 1 N–H and O–H groups in total. The number of amides is 1. The van der Waals surface area contributed by atoms with Crippen LogP contribution in [0.5, 0.6) is 0 Å². The van der Waals surface area contributed by atoms with Crippen LogP contribution < -0.4 is 5.32 Å². The smallest absolute Gasteiger partial charge is 0.220 e. The largest absolute Gasteiger partial charge is 0.380 e. The fraction of sp³-hybridized carbons (Fsp3) is 0.842. The second-order valence-electron chi connectivity index (χ2n) is 5.57. The Balaban J connectivity index is 0. The first-order chi connectivity index (χ1) is 12.1. The molecule has 0 bridgehead atoms. The number of hydrogen-bond donors (Lipinski definition) is 1. The van der Waals surface area contributed by atoms with Crippen LogP contribution in [0.2, 0.25) is 0 Å². The topological polar surface area (TPSA) is 81.7 Å². The Morgan fingerprint density at radius 2 is 1.48 bits per heavy atom. The zero-order chi connectivity index (χ0) is 19.3. The highest BCUT2D eigenvalue weighted by atomic mass is 16.5. The molecule has 6 heteroatoms. The summed E-state index contributed by atoms with van der Waals surface area (Å²) in [5.74, 6) is 0.0786. The van der Waals surface area contributed by atoms with Crippen LogP contribution in [0.15, 0.2) is 0 Å². The van der Waals surface area contributed by atoms with Gasteiger partial charge < -0.3 is 19.6 Å². The highest BCUT2D eigenvalue weighted by Gasteiger charge is 2.02. The second-order valence-corrected chi connectivity index (χ2v) is 5.57. The first-order valence-electron chi connectivity index (χ1n) is 9.49. The van der Waals surface area contributed by atoms with E-state index in [2.05, 4.69) is 5.32 Å². The van der Waals surface area contributed by atoms with E-state index in [1.54, 1.807) is 0 Å². The van der Waals surface area contributed by atoms with Crippen LogP contribution in [-0.4, -0.2) is 50.4 Å². The third kappa shape index (κ3) is 22.7. The molecule has 0 unspecified atom stereocenters. The monoisotopic (exact) mass is 359 g/mol. The first kappa shape index (κ1) is 26.0. The summed E-state index contributed by atoms with van der Waals surface area (Å²) in [5.41, 5.74) is 0. The summed E-state index contributed by atoms with van der Waals surface area (Å²) in [4.78, 5) is 33.2. The van der Waals surface area contributed by atoms with E-state index in [1.165, 1.54) is 6.92 Å². The molecule has 148 valence electrons. The lowest BCUT2D eigenvalue weighted by molar-refractivity contribution is -0.124. The molecule has 0 aliphatic carbocycles. The summed E-state index contributed by atoms with van der Waals surface area (Å²) in [6.07, 6.45) is 4.85. The van der Waals surface area contributed by atoms with Gasteiger partial charge in [-0.05, 0) is 32.6 Å². The normalized spacial score (nSPS) is 9.92. The van der Waals surface area contributed by atoms with Crippen molar-refractivity contribution in [1.29, 1.82) is 0 Å². The molecule has 0 fully saturated rings. The quantitative estimate of drug-likeness (QED) is 0.428. The van der Waals surface area contributed by atoms with E-state index < -0.39 is 0 Å². The van der Waals surface area contributed by atoms with Crippen molar-refractivity contribution in [3.05, 3.63) is 0 Å². The minimum absolute atomic E-state index is 0.0232. The molecule has 0 aliphatic heterocycles. The Morgan fingerprint density at radius 3 is 2.08 bits per heavy atom. The lowest BCUT2D eigenvalue weighted by Gasteiger charge is -2.06. The van der Waals surface area contributed by atoms with Crippen LogP contribution in [0, 0.1) is 0 Å². The van der Waals surface area contributed by atoms with E-state index >= 15 is 0 Å². The molecule has 0 saturated carbocycles. The maximum absolute atomic E-state index is 11.3. The number of hydrogen-bond acceptors (Lipinski definition) is 5. The third-order valence-electron chi connectivity index (χ3n) is 3.14. The fourth-order valence-corrected chi connectivity index (χ4v) is 1.86. The summed E-state index contributed by atoms with van der Waals surface area (Å²) in [7, 11) is 0. The van der Waals surface area contributed by atoms with Crippen LogP contribution in [0.25, 0.3) is 0 Å². The van der Waals surface area contributed by atoms with Gasteiger partial charge in [0.1, 0.15) is 12.4 Å². The van der Waals surface area contributed by atoms with Gasteiger partial charge >= 0.3 is 0 Å². The van der Waals surface area contributed by atoms with E-state index in [4.69, 9.17) is 9.47 Å². The van der Waals surface area contributed by atoms with Crippen LogP contribution in [0.3, 0.4) is 0 Å². The van der Waals surface area contributed by atoms with E-state index in [0.717, 1.165) is 25.7 Å². The molecule has 0 spiro atoms. The second kappa shape index (κ2) is 20.8. The molecule has 1 amide bonds. The number of rotatable bonds is 16. The van der Waals surface area contributed by atoms with Gasteiger partial charge in [0, 0.05) is 39.0 Å². The van der Waals surface area contributed by atoms with Crippen LogP contribution >= 0.6 is 0 Å². The Kier molecular flexibility index (Phi) is 21.6. The predicted molar refractivity (Wildman–Crippen MR) is 99.7 cm³/mol. The van der Waals surface area contributed by atoms with Gasteiger partial charge in [0.25, 0.3) is 0 Å². The standard InChI is InChI=1S/C17H31NO5.C2H6/c1-3-7-16(20)14-23-12-6-4-5-11-22-13-10-18-17(21)9-8-15(2)19;1-2/h3-14H2,1-2H3,(H,18,21);1-2H3. The average molecular weight is 360 g/mol.